The Kier molecular flexibility index (Phi) is 8.53. The minimum Gasteiger partial charge on any atom is -0.493 e. The predicted molar refractivity (Wildman–Crippen MR) is 125 cm³/mol. The first-order valence-corrected chi connectivity index (χ1v) is 10.1. The van der Waals surface area contributed by atoms with E-state index < -0.39 is 5.91 Å². The topological polar surface area (TPSA) is 87.6 Å². The minimum absolute atomic E-state index is 0.184. The molecule has 3 aromatic carbocycles. The average Bonchev–Trinajstić information content (AvgIpc) is 2.86. The number of hydrazone groups is 1. The normalized spacial score (nSPS) is 10.5. The molecule has 0 saturated carbocycles. The molecule has 8 heteroatoms. The molecule has 172 valence electrons. The molecule has 1 N–H and O–H groups in total. The van der Waals surface area contributed by atoms with E-state index in [1.54, 1.807) is 36.4 Å². The summed E-state index contributed by atoms with van der Waals surface area (Å²) in [7, 11) is 4.58. The van der Waals surface area contributed by atoms with Gasteiger partial charge in [-0.25, -0.2) is 5.43 Å². The maximum Gasteiger partial charge on any atom is 0.277 e. The number of nitrogens with zero attached hydrogens (tertiary/aromatic N) is 1. The monoisotopic (exact) mass is 450 g/mol. The number of methoxy groups -OCH3 is 3. The van der Waals surface area contributed by atoms with E-state index in [1.165, 1.54) is 27.5 Å². The number of carbonyl (C=O) groups excluding carboxylic acids is 1. The lowest BCUT2D eigenvalue weighted by molar-refractivity contribution is -0.123. The highest BCUT2D eigenvalue weighted by Crippen LogP contribution is 2.37. The highest BCUT2D eigenvalue weighted by atomic mass is 16.5. The van der Waals surface area contributed by atoms with Crippen molar-refractivity contribution in [1.82, 2.24) is 5.43 Å². The zero-order valence-electron chi connectivity index (χ0n) is 18.7. The summed E-state index contributed by atoms with van der Waals surface area (Å²) in [6.45, 7) is 0.296. The Morgan fingerprint density at radius 2 is 1.45 bits per heavy atom. The summed E-state index contributed by atoms with van der Waals surface area (Å²) in [6.07, 6.45) is 1.47. The van der Waals surface area contributed by atoms with Gasteiger partial charge in [0.15, 0.2) is 18.1 Å². The van der Waals surface area contributed by atoms with E-state index in [4.69, 9.17) is 23.7 Å². The lowest BCUT2D eigenvalue weighted by Gasteiger charge is -2.12. The zero-order chi connectivity index (χ0) is 23.5. The summed E-state index contributed by atoms with van der Waals surface area (Å²) >= 11 is 0. The molecule has 0 spiro atoms. The Labute approximate surface area is 192 Å². The zero-order valence-corrected chi connectivity index (χ0v) is 18.7. The lowest BCUT2D eigenvalue weighted by atomic mass is 10.2. The molecular weight excluding hydrogens is 424 g/mol. The Bertz CT molecular complexity index is 1040. The number of carbonyl (C=O) groups is 1. The SMILES string of the molecule is COc1cc(/C=N/NC(=O)COc2ccc(OCc3ccccc3)cc2)cc(OC)c1OC. The molecule has 0 aliphatic rings. The van der Waals surface area contributed by atoms with Gasteiger partial charge in [-0.1, -0.05) is 30.3 Å². The van der Waals surface area contributed by atoms with Gasteiger partial charge in [0.1, 0.15) is 18.1 Å². The molecule has 0 radical (unpaired) electrons. The first-order chi connectivity index (χ1) is 16.1. The van der Waals surface area contributed by atoms with Crippen LogP contribution < -0.4 is 29.1 Å². The summed E-state index contributed by atoms with van der Waals surface area (Å²) in [5.74, 6) is 2.32. The molecule has 0 saturated heterocycles. The molecule has 0 aromatic heterocycles. The van der Waals surface area contributed by atoms with Crippen LogP contribution in [0.25, 0.3) is 0 Å². The fourth-order valence-corrected chi connectivity index (χ4v) is 2.91. The maximum atomic E-state index is 12.0. The molecule has 0 atom stereocenters. The van der Waals surface area contributed by atoms with E-state index in [9.17, 15) is 4.79 Å². The molecule has 0 aliphatic heterocycles. The number of ether oxygens (including phenoxy) is 5. The van der Waals surface area contributed by atoms with Crippen molar-refractivity contribution in [2.75, 3.05) is 27.9 Å². The lowest BCUT2D eigenvalue weighted by Crippen LogP contribution is -2.24. The van der Waals surface area contributed by atoms with Gasteiger partial charge in [0, 0.05) is 5.56 Å². The summed E-state index contributed by atoms with van der Waals surface area (Å²) in [4.78, 5) is 12.0. The Hall–Kier alpha value is -4.20. The van der Waals surface area contributed by atoms with Crippen LogP contribution in [0.4, 0.5) is 0 Å². The van der Waals surface area contributed by atoms with E-state index >= 15 is 0 Å². The standard InChI is InChI=1S/C25H26N2O6/c1-29-22-13-19(14-23(30-2)25(22)31-3)15-26-27-24(28)17-33-21-11-9-20(10-12-21)32-16-18-7-5-4-6-8-18/h4-15H,16-17H2,1-3H3,(H,27,28)/b26-15+. The summed E-state index contributed by atoms with van der Waals surface area (Å²) in [6, 6.07) is 20.4. The number of benzene rings is 3. The van der Waals surface area contributed by atoms with Crippen molar-refractivity contribution in [1.29, 1.82) is 0 Å². The Morgan fingerprint density at radius 1 is 0.848 bits per heavy atom. The van der Waals surface area contributed by atoms with Crippen molar-refractivity contribution in [2.24, 2.45) is 5.10 Å². The van der Waals surface area contributed by atoms with E-state index in [-0.39, 0.29) is 6.61 Å². The molecule has 3 aromatic rings. The summed E-state index contributed by atoms with van der Waals surface area (Å²) < 4.78 is 27.1. The molecule has 0 aliphatic carbocycles. The van der Waals surface area contributed by atoms with Gasteiger partial charge in [0.05, 0.1) is 27.5 Å². The van der Waals surface area contributed by atoms with Gasteiger partial charge < -0.3 is 23.7 Å². The largest absolute Gasteiger partial charge is 0.493 e. The van der Waals surface area contributed by atoms with Crippen LogP contribution in [0.2, 0.25) is 0 Å². The summed E-state index contributed by atoms with van der Waals surface area (Å²) in [5.41, 5.74) is 4.17. The molecule has 33 heavy (non-hydrogen) atoms. The quantitative estimate of drug-likeness (QED) is 0.353. The fraction of sp³-hybridized carbons (Fsp3) is 0.200. The smallest absolute Gasteiger partial charge is 0.277 e. The van der Waals surface area contributed by atoms with Gasteiger partial charge in [-0.15, -0.1) is 0 Å². The second kappa shape index (κ2) is 12.0. The number of nitrogens with one attached hydrogen (secondary N) is 1. The summed E-state index contributed by atoms with van der Waals surface area (Å²) in [5, 5.41) is 3.95. The van der Waals surface area contributed by atoms with Crippen LogP contribution >= 0.6 is 0 Å². The second-order valence-corrected chi connectivity index (χ2v) is 6.79. The molecule has 0 bridgehead atoms. The first kappa shape index (κ1) is 23.5. The number of amides is 1. The van der Waals surface area contributed by atoms with Crippen LogP contribution in [0, 0.1) is 0 Å². The van der Waals surface area contributed by atoms with Gasteiger partial charge >= 0.3 is 0 Å². The fourth-order valence-electron chi connectivity index (χ4n) is 2.91. The van der Waals surface area contributed by atoms with Crippen LogP contribution in [0.15, 0.2) is 71.8 Å². The van der Waals surface area contributed by atoms with Crippen LogP contribution in [-0.2, 0) is 11.4 Å². The van der Waals surface area contributed by atoms with Crippen molar-refractivity contribution >= 4 is 12.1 Å². The van der Waals surface area contributed by atoms with Crippen LogP contribution in [-0.4, -0.2) is 40.1 Å². The van der Waals surface area contributed by atoms with Gasteiger partial charge in [0.25, 0.3) is 5.91 Å². The Morgan fingerprint density at radius 3 is 2.03 bits per heavy atom. The molecule has 0 fully saturated rings. The van der Waals surface area contributed by atoms with Crippen molar-refractivity contribution in [2.45, 2.75) is 6.61 Å². The van der Waals surface area contributed by atoms with Crippen LogP contribution in [0.5, 0.6) is 28.7 Å². The third-order valence-corrected chi connectivity index (χ3v) is 4.53. The predicted octanol–water partition coefficient (Wildman–Crippen LogP) is 3.82. The van der Waals surface area contributed by atoms with Crippen LogP contribution in [0.1, 0.15) is 11.1 Å². The molecule has 8 nitrogen and oxygen atoms in total. The number of hydrogen-bond donors (Lipinski definition) is 1. The third kappa shape index (κ3) is 6.90. The van der Waals surface area contributed by atoms with E-state index in [0.717, 1.165) is 5.56 Å². The van der Waals surface area contributed by atoms with E-state index in [2.05, 4.69) is 10.5 Å². The number of hydrogen-bond acceptors (Lipinski definition) is 7. The Balaban J connectivity index is 1.47. The molecule has 0 unspecified atom stereocenters. The van der Waals surface area contributed by atoms with Gasteiger partial charge in [-0.2, -0.15) is 5.10 Å². The molecule has 0 heterocycles. The van der Waals surface area contributed by atoms with Crippen LogP contribution in [0.3, 0.4) is 0 Å². The van der Waals surface area contributed by atoms with Gasteiger partial charge in [-0.3, -0.25) is 4.79 Å². The first-order valence-electron chi connectivity index (χ1n) is 10.1. The molecule has 3 rings (SSSR count). The van der Waals surface area contributed by atoms with E-state index in [1.807, 2.05) is 30.3 Å². The molecule has 1 amide bonds. The van der Waals surface area contributed by atoms with E-state index in [0.29, 0.717) is 40.9 Å². The third-order valence-electron chi connectivity index (χ3n) is 4.53. The van der Waals surface area contributed by atoms with Crippen molar-refractivity contribution in [3.05, 3.63) is 77.9 Å². The van der Waals surface area contributed by atoms with Crippen molar-refractivity contribution in [3.63, 3.8) is 0 Å². The highest BCUT2D eigenvalue weighted by molar-refractivity contribution is 5.84. The minimum atomic E-state index is -0.400. The van der Waals surface area contributed by atoms with Gasteiger partial charge in [-0.05, 0) is 42.0 Å². The molecular formula is C25H26N2O6. The van der Waals surface area contributed by atoms with Gasteiger partial charge in [0.2, 0.25) is 5.75 Å². The highest BCUT2D eigenvalue weighted by Gasteiger charge is 2.12. The van der Waals surface area contributed by atoms with Crippen molar-refractivity contribution in [3.8, 4) is 28.7 Å². The number of rotatable bonds is 11. The maximum absolute atomic E-state index is 12.0. The average molecular weight is 450 g/mol. The van der Waals surface area contributed by atoms with Crippen molar-refractivity contribution < 1.29 is 28.5 Å². The second-order valence-electron chi connectivity index (χ2n) is 6.79.